The Morgan fingerprint density at radius 1 is 0.522 bits per heavy atom. The van der Waals surface area contributed by atoms with E-state index < -0.39 is 0 Å². The summed E-state index contributed by atoms with van der Waals surface area (Å²) in [4.78, 5) is 12.3. The van der Waals surface area contributed by atoms with Gasteiger partial charge in [-0.15, -0.1) is 0 Å². The lowest BCUT2D eigenvalue weighted by Gasteiger charge is -2.18. The minimum atomic E-state index is -0.209. The third-order valence-electron chi connectivity index (χ3n) is 9.20. The zero-order chi connectivity index (χ0) is 33.6. The Balaban J connectivity index is 3.96. The maximum Gasteiger partial charge on any atom is 0.407 e. The van der Waals surface area contributed by atoms with Crippen molar-refractivity contribution in [1.82, 2.24) is 5.32 Å². The molecule has 0 heterocycles. The zero-order valence-corrected chi connectivity index (χ0v) is 31.6. The second kappa shape index (κ2) is 37.9. The molecule has 270 valence electrons. The number of unbranched alkanes of at least 4 members (excludes halogenated alkanes) is 19. The first kappa shape index (κ1) is 44.5. The van der Waals surface area contributed by atoms with Crippen molar-refractivity contribution in [3.63, 3.8) is 0 Å². The molecule has 46 heavy (non-hydrogen) atoms. The van der Waals surface area contributed by atoms with Gasteiger partial charge < -0.3 is 10.1 Å². The van der Waals surface area contributed by atoms with Gasteiger partial charge in [-0.1, -0.05) is 167 Å². The van der Waals surface area contributed by atoms with Crippen LogP contribution >= 0.6 is 0 Å². The third kappa shape index (κ3) is 35.3. The second-order valence-electron chi connectivity index (χ2n) is 14.0. The monoisotopic (exact) mass is 644 g/mol. The molecule has 0 aliphatic heterocycles. The van der Waals surface area contributed by atoms with E-state index in [-0.39, 0.29) is 12.2 Å². The summed E-state index contributed by atoms with van der Waals surface area (Å²) in [6.07, 6.45) is 50.5. The van der Waals surface area contributed by atoms with Crippen molar-refractivity contribution in [2.45, 2.75) is 220 Å². The van der Waals surface area contributed by atoms with Gasteiger partial charge in [0.25, 0.3) is 0 Å². The fourth-order valence-corrected chi connectivity index (χ4v) is 6.01. The maximum absolute atomic E-state index is 12.3. The predicted molar refractivity (Wildman–Crippen MR) is 206 cm³/mol. The summed E-state index contributed by atoms with van der Waals surface area (Å²) in [6, 6.07) is 0. The molecule has 0 spiro atoms. The molecule has 0 aromatic heterocycles. The Morgan fingerprint density at radius 3 is 1.48 bits per heavy atom. The molecule has 3 heteroatoms. The SMILES string of the molecule is CCCCC/C=C\C/C=C\CCCCCCCCC(CCCCCCCCCC(C)C/C=C\CCCCC)OC(=O)NCCCC. The quantitative estimate of drug-likeness (QED) is 0.0551. The van der Waals surface area contributed by atoms with Crippen LogP contribution in [0.4, 0.5) is 4.79 Å². The van der Waals surface area contributed by atoms with Gasteiger partial charge in [-0.3, -0.25) is 0 Å². The van der Waals surface area contributed by atoms with Crippen LogP contribution in [0.3, 0.4) is 0 Å². The van der Waals surface area contributed by atoms with E-state index in [1.165, 1.54) is 154 Å². The Kier molecular flexibility index (Phi) is 36.7. The summed E-state index contributed by atoms with van der Waals surface area (Å²) in [5, 5.41) is 2.96. The van der Waals surface area contributed by atoms with Gasteiger partial charge in [0.2, 0.25) is 0 Å². The van der Waals surface area contributed by atoms with Crippen LogP contribution in [0.5, 0.6) is 0 Å². The number of nitrogens with one attached hydrogen (secondary N) is 1. The molecule has 1 N–H and O–H groups in total. The van der Waals surface area contributed by atoms with Crippen LogP contribution < -0.4 is 5.32 Å². The molecule has 0 aromatic carbocycles. The first-order valence-corrected chi connectivity index (χ1v) is 20.5. The molecule has 2 unspecified atom stereocenters. The van der Waals surface area contributed by atoms with Crippen LogP contribution in [0.15, 0.2) is 36.5 Å². The molecule has 0 saturated heterocycles. The Hall–Kier alpha value is -1.51. The van der Waals surface area contributed by atoms with E-state index in [1.54, 1.807) is 0 Å². The van der Waals surface area contributed by atoms with Crippen LogP contribution in [0.1, 0.15) is 214 Å². The van der Waals surface area contributed by atoms with Crippen molar-refractivity contribution in [3.8, 4) is 0 Å². The van der Waals surface area contributed by atoms with Crippen LogP contribution in [-0.2, 0) is 4.74 Å². The Morgan fingerprint density at radius 2 is 0.957 bits per heavy atom. The van der Waals surface area contributed by atoms with E-state index in [0.717, 1.165) is 44.6 Å². The van der Waals surface area contributed by atoms with Gasteiger partial charge in [0.1, 0.15) is 6.10 Å². The highest BCUT2D eigenvalue weighted by Gasteiger charge is 2.14. The molecule has 2 atom stereocenters. The Labute approximate surface area is 289 Å². The van der Waals surface area contributed by atoms with E-state index in [9.17, 15) is 4.79 Å². The summed E-state index contributed by atoms with van der Waals surface area (Å²) in [6.45, 7) is 9.82. The zero-order valence-electron chi connectivity index (χ0n) is 31.6. The van der Waals surface area contributed by atoms with Crippen molar-refractivity contribution < 1.29 is 9.53 Å². The van der Waals surface area contributed by atoms with E-state index in [2.05, 4.69) is 69.5 Å². The van der Waals surface area contributed by atoms with Crippen molar-refractivity contribution in [1.29, 1.82) is 0 Å². The van der Waals surface area contributed by atoms with Crippen molar-refractivity contribution in [3.05, 3.63) is 36.5 Å². The molecule has 3 nitrogen and oxygen atoms in total. The van der Waals surface area contributed by atoms with Crippen LogP contribution in [0.2, 0.25) is 0 Å². The highest BCUT2D eigenvalue weighted by molar-refractivity contribution is 5.67. The highest BCUT2D eigenvalue weighted by Crippen LogP contribution is 2.19. The lowest BCUT2D eigenvalue weighted by molar-refractivity contribution is 0.0841. The molecule has 0 aliphatic rings. The first-order chi connectivity index (χ1) is 22.6. The van der Waals surface area contributed by atoms with E-state index in [4.69, 9.17) is 4.74 Å². The van der Waals surface area contributed by atoms with Gasteiger partial charge in [0, 0.05) is 6.54 Å². The molecule has 0 rings (SSSR count). The summed E-state index contributed by atoms with van der Waals surface area (Å²) < 4.78 is 5.89. The van der Waals surface area contributed by atoms with Crippen LogP contribution in [0, 0.1) is 5.92 Å². The summed E-state index contributed by atoms with van der Waals surface area (Å²) in [5.74, 6) is 0.823. The number of alkyl carbamates (subject to hydrolysis) is 1. The topological polar surface area (TPSA) is 38.3 Å². The lowest BCUT2D eigenvalue weighted by atomic mass is 9.98. The lowest BCUT2D eigenvalue weighted by Crippen LogP contribution is -2.29. The molecule has 0 aromatic rings. The number of ether oxygens (including phenoxy) is 1. The molecule has 1 amide bonds. The van der Waals surface area contributed by atoms with Gasteiger partial charge >= 0.3 is 6.09 Å². The maximum atomic E-state index is 12.3. The second-order valence-corrected chi connectivity index (χ2v) is 14.0. The first-order valence-electron chi connectivity index (χ1n) is 20.5. The Bertz CT molecular complexity index is 697. The largest absolute Gasteiger partial charge is 0.446 e. The van der Waals surface area contributed by atoms with E-state index >= 15 is 0 Å². The molecular formula is C43H81NO2. The number of hydrogen-bond donors (Lipinski definition) is 1. The average molecular weight is 644 g/mol. The molecule has 0 fully saturated rings. The minimum absolute atomic E-state index is 0.0784. The van der Waals surface area contributed by atoms with Gasteiger partial charge in [-0.2, -0.15) is 0 Å². The average Bonchev–Trinajstić information content (AvgIpc) is 3.05. The molecule has 0 bridgehead atoms. The normalized spacial score (nSPS) is 13.3. The number of allylic oxidation sites excluding steroid dienone is 6. The van der Waals surface area contributed by atoms with Crippen molar-refractivity contribution in [2.75, 3.05) is 6.54 Å². The predicted octanol–water partition coefficient (Wildman–Crippen LogP) is 14.8. The number of amides is 1. The molecule has 0 radical (unpaired) electrons. The number of rotatable bonds is 35. The smallest absolute Gasteiger partial charge is 0.407 e. The van der Waals surface area contributed by atoms with Gasteiger partial charge in [-0.05, 0) is 89.4 Å². The minimum Gasteiger partial charge on any atom is -0.446 e. The highest BCUT2D eigenvalue weighted by atomic mass is 16.6. The summed E-state index contributed by atoms with van der Waals surface area (Å²) >= 11 is 0. The fraction of sp³-hybridized carbons (Fsp3) is 0.837. The number of carbonyl (C=O) groups excluding carboxylic acids is 1. The number of hydrogen-bond acceptors (Lipinski definition) is 2. The van der Waals surface area contributed by atoms with Crippen LogP contribution in [-0.4, -0.2) is 18.7 Å². The number of carbonyl (C=O) groups is 1. The summed E-state index contributed by atoms with van der Waals surface area (Å²) in [7, 11) is 0. The molecular weight excluding hydrogens is 562 g/mol. The van der Waals surface area contributed by atoms with E-state index in [0.29, 0.717) is 0 Å². The standard InChI is InChI=1S/C43H81NO2/c1-5-8-11-13-15-16-17-18-19-20-21-22-23-26-30-34-38-42(46-43(45)44-40-10-7-3)39-35-31-27-24-25-29-33-37-41(4)36-32-28-14-12-9-6-2/h15-16,18-19,28,32,41-42H,5-14,17,20-27,29-31,33-40H2,1-4H3,(H,44,45)/b16-15-,19-18-,32-28-. The molecule has 0 saturated carbocycles. The molecule has 0 aliphatic carbocycles. The van der Waals surface area contributed by atoms with Gasteiger partial charge in [0.05, 0.1) is 0 Å². The fourth-order valence-electron chi connectivity index (χ4n) is 6.01. The van der Waals surface area contributed by atoms with Crippen molar-refractivity contribution in [2.24, 2.45) is 5.92 Å². The van der Waals surface area contributed by atoms with Gasteiger partial charge in [-0.25, -0.2) is 4.79 Å². The van der Waals surface area contributed by atoms with Crippen LogP contribution in [0.25, 0.3) is 0 Å². The van der Waals surface area contributed by atoms with E-state index in [1.807, 2.05) is 0 Å². The van der Waals surface area contributed by atoms with Gasteiger partial charge in [0.15, 0.2) is 0 Å². The summed E-state index contributed by atoms with van der Waals surface area (Å²) in [5.41, 5.74) is 0. The van der Waals surface area contributed by atoms with Crippen molar-refractivity contribution >= 4 is 6.09 Å². The third-order valence-corrected chi connectivity index (χ3v) is 9.20.